The summed E-state index contributed by atoms with van der Waals surface area (Å²) < 4.78 is 77.8. The second-order valence-corrected chi connectivity index (χ2v) is 3.43. The molecular formula is C9H4ClF6NO2. The zero-order valence-electron chi connectivity index (χ0n) is 8.77. The van der Waals surface area contributed by atoms with E-state index in [1.807, 2.05) is 0 Å². The Morgan fingerprint density at radius 2 is 1.84 bits per heavy atom. The summed E-state index contributed by atoms with van der Waals surface area (Å²) in [6, 6.07) is 0. The molecule has 3 nitrogen and oxygen atoms in total. The Kier molecular flexibility index (Phi) is 4.28. The summed E-state index contributed by atoms with van der Waals surface area (Å²) in [4.78, 5) is 13.7. The van der Waals surface area contributed by atoms with Gasteiger partial charge in [0.05, 0.1) is 17.1 Å². The number of carbonyl (C=O) groups excluding carboxylic acids is 1. The summed E-state index contributed by atoms with van der Waals surface area (Å²) >= 11 is 5.19. The van der Waals surface area contributed by atoms with Gasteiger partial charge in [-0.3, -0.25) is 9.78 Å². The first kappa shape index (κ1) is 15.5. The summed E-state index contributed by atoms with van der Waals surface area (Å²) in [5.41, 5.74) is -3.65. The molecule has 1 rings (SSSR count). The van der Waals surface area contributed by atoms with Crippen molar-refractivity contribution in [3.8, 4) is 5.75 Å². The van der Waals surface area contributed by atoms with Crippen molar-refractivity contribution in [2.45, 2.75) is 18.4 Å². The maximum Gasteiger partial charge on any atom is 0.573 e. The van der Waals surface area contributed by atoms with Gasteiger partial charge < -0.3 is 4.74 Å². The number of ether oxygens (including phenoxy) is 1. The van der Waals surface area contributed by atoms with Gasteiger partial charge in [-0.05, 0) is 0 Å². The maximum atomic E-state index is 12.7. The van der Waals surface area contributed by atoms with Crippen LogP contribution in [0, 0.1) is 0 Å². The zero-order chi connectivity index (χ0) is 14.8. The normalized spacial score (nSPS) is 12.4. The number of nitrogens with zero attached hydrogens (tertiary/aromatic N) is 1. The first-order chi connectivity index (χ1) is 8.60. The molecule has 0 spiro atoms. The van der Waals surface area contributed by atoms with Crippen LogP contribution in [0.3, 0.4) is 0 Å². The summed E-state index contributed by atoms with van der Waals surface area (Å²) in [7, 11) is 0. The minimum atomic E-state index is -5.39. The number of halogens is 7. The number of hydrogen-bond donors (Lipinski definition) is 0. The third-order valence-electron chi connectivity index (χ3n) is 1.89. The van der Waals surface area contributed by atoms with E-state index in [1.165, 1.54) is 0 Å². The van der Waals surface area contributed by atoms with Crippen LogP contribution in [0.1, 0.15) is 21.6 Å². The van der Waals surface area contributed by atoms with E-state index in [9.17, 15) is 31.1 Å². The lowest BCUT2D eigenvalue weighted by Gasteiger charge is -2.18. The van der Waals surface area contributed by atoms with Crippen LogP contribution >= 0.6 is 11.6 Å². The van der Waals surface area contributed by atoms with Crippen LogP contribution in [0.15, 0.2) is 6.20 Å². The van der Waals surface area contributed by atoms with Crippen LogP contribution in [0.5, 0.6) is 5.75 Å². The van der Waals surface area contributed by atoms with Gasteiger partial charge in [0.2, 0.25) is 0 Å². The number of pyridine rings is 1. The molecule has 0 atom stereocenters. The molecule has 0 radical (unpaired) electrons. The number of carbonyl (C=O) groups is 1. The highest BCUT2D eigenvalue weighted by Gasteiger charge is 2.43. The van der Waals surface area contributed by atoms with Crippen molar-refractivity contribution < 1.29 is 35.9 Å². The minimum Gasteiger partial charge on any atom is -0.404 e. The molecule has 0 aliphatic heterocycles. The van der Waals surface area contributed by atoms with Crippen LogP contribution in [0.2, 0.25) is 0 Å². The number of aldehydes is 1. The number of rotatable bonds is 3. The second kappa shape index (κ2) is 5.24. The summed E-state index contributed by atoms with van der Waals surface area (Å²) in [6.45, 7) is 0. The molecule has 0 aliphatic carbocycles. The molecule has 0 N–H and O–H groups in total. The van der Waals surface area contributed by atoms with Gasteiger partial charge in [-0.25, -0.2) is 0 Å². The highest BCUT2D eigenvalue weighted by atomic mass is 35.5. The Balaban J connectivity index is 3.57. The van der Waals surface area contributed by atoms with Gasteiger partial charge in [-0.1, -0.05) is 0 Å². The molecule has 106 valence electrons. The van der Waals surface area contributed by atoms with E-state index in [1.54, 1.807) is 0 Å². The smallest absolute Gasteiger partial charge is 0.404 e. The predicted molar refractivity (Wildman–Crippen MR) is 50.9 cm³/mol. The summed E-state index contributed by atoms with van der Waals surface area (Å²) in [5, 5.41) is 0. The lowest BCUT2D eigenvalue weighted by Crippen LogP contribution is -2.23. The lowest BCUT2D eigenvalue weighted by atomic mass is 10.1. The molecule has 0 aliphatic rings. The fraction of sp³-hybridized carbons (Fsp3) is 0.333. The van der Waals surface area contributed by atoms with Gasteiger partial charge in [0.25, 0.3) is 0 Å². The molecule has 1 aromatic rings. The Hall–Kier alpha value is -1.51. The minimum absolute atomic E-state index is 0.221. The fourth-order valence-electron chi connectivity index (χ4n) is 1.25. The van der Waals surface area contributed by atoms with E-state index >= 15 is 0 Å². The first-order valence-electron chi connectivity index (χ1n) is 4.46. The summed E-state index contributed by atoms with van der Waals surface area (Å²) in [5.74, 6) is -2.44. The first-order valence-corrected chi connectivity index (χ1v) is 4.99. The monoisotopic (exact) mass is 307 g/mol. The second-order valence-electron chi connectivity index (χ2n) is 3.16. The van der Waals surface area contributed by atoms with Crippen molar-refractivity contribution >= 4 is 17.9 Å². The van der Waals surface area contributed by atoms with Gasteiger partial charge in [-0.2, -0.15) is 13.2 Å². The Morgan fingerprint density at radius 3 is 2.21 bits per heavy atom. The average Bonchev–Trinajstić information content (AvgIpc) is 2.24. The molecule has 1 aromatic heterocycles. The van der Waals surface area contributed by atoms with E-state index in [-0.39, 0.29) is 6.29 Å². The molecular weight excluding hydrogens is 304 g/mol. The SMILES string of the molecule is O=Cc1cnc(CCl)c(C(F)(F)F)c1OC(F)(F)F. The van der Waals surface area contributed by atoms with Gasteiger partial charge in [-0.15, -0.1) is 24.8 Å². The number of hydrogen-bond acceptors (Lipinski definition) is 3. The van der Waals surface area contributed by atoms with Crippen molar-refractivity contribution in [2.24, 2.45) is 0 Å². The molecule has 0 fully saturated rings. The number of aromatic nitrogens is 1. The fourth-order valence-corrected chi connectivity index (χ4v) is 1.45. The van der Waals surface area contributed by atoms with Crippen molar-refractivity contribution in [2.75, 3.05) is 0 Å². The van der Waals surface area contributed by atoms with Gasteiger partial charge in [0.15, 0.2) is 12.0 Å². The van der Waals surface area contributed by atoms with Gasteiger partial charge >= 0.3 is 12.5 Å². The van der Waals surface area contributed by atoms with Crippen LogP contribution in [-0.4, -0.2) is 17.6 Å². The highest BCUT2D eigenvalue weighted by Crippen LogP contribution is 2.41. The summed E-state index contributed by atoms with van der Waals surface area (Å²) in [6.07, 6.45) is -10.3. The van der Waals surface area contributed by atoms with E-state index in [0.717, 1.165) is 0 Å². The molecule has 0 bridgehead atoms. The predicted octanol–water partition coefficient (Wildman–Crippen LogP) is 3.55. The highest BCUT2D eigenvalue weighted by molar-refractivity contribution is 6.17. The third-order valence-corrected chi connectivity index (χ3v) is 2.15. The van der Waals surface area contributed by atoms with Crippen LogP contribution < -0.4 is 4.74 Å². The van der Waals surface area contributed by atoms with Crippen LogP contribution in [0.25, 0.3) is 0 Å². The van der Waals surface area contributed by atoms with E-state index in [2.05, 4.69) is 9.72 Å². The van der Waals surface area contributed by atoms with Crippen molar-refractivity contribution in [1.29, 1.82) is 0 Å². The lowest BCUT2D eigenvalue weighted by molar-refractivity contribution is -0.276. The third kappa shape index (κ3) is 3.72. The molecule has 0 unspecified atom stereocenters. The average molecular weight is 308 g/mol. The quantitative estimate of drug-likeness (QED) is 0.487. The van der Waals surface area contributed by atoms with Crippen LogP contribution in [-0.2, 0) is 12.1 Å². The molecule has 1 heterocycles. The largest absolute Gasteiger partial charge is 0.573 e. The van der Waals surface area contributed by atoms with Gasteiger partial charge in [0, 0.05) is 6.20 Å². The van der Waals surface area contributed by atoms with E-state index < -0.39 is 41.0 Å². The maximum absolute atomic E-state index is 12.7. The van der Waals surface area contributed by atoms with Gasteiger partial charge in [0.1, 0.15) is 5.56 Å². The Labute approximate surface area is 107 Å². The van der Waals surface area contributed by atoms with E-state index in [4.69, 9.17) is 11.6 Å². The van der Waals surface area contributed by atoms with Crippen molar-refractivity contribution in [3.63, 3.8) is 0 Å². The molecule has 0 saturated carbocycles. The zero-order valence-corrected chi connectivity index (χ0v) is 9.53. The Morgan fingerprint density at radius 1 is 1.26 bits per heavy atom. The molecule has 0 aromatic carbocycles. The molecule has 10 heteroatoms. The topological polar surface area (TPSA) is 39.2 Å². The molecule has 0 amide bonds. The molecule has 0 saturated heterocycles. The van der Waals surface area contributed by atoms with Crippen molar-refractivity contribution in [1.82, 2.24) is 4.98 Å². The van der Waals surface area contributed by atoms with Crippen molar-refractivity contribution in [3.05, 3.63) is 23.0 Å². The number of alkyl halides is 7. The molecule has 19 heavy (non-hydrogen) atoms. The standard InChI is InChI=1S/C9H4ClF6NO2/c10-1-5-6(8(11,12)13)7(19-9(14,15)16)4(3-18)2-17-5/h2-3H,1H2. The van der Waals surface area contributed by atoms with E-state index in [0.29, 0.717) is 6.20 Å². The van der Waals surface area contributed by atoms with Crippen LogP contribution in [0.4, 0.5) is 26.3 Å². The Bertz CT molecular complexity index is 485.